The Labute approximate surface area is 105 Å². The van der Waals surface area contributed by atoms with E-state index in [4.69, 9.17) is 9.84 Å². The normalized spacial score (nSPS) is 14.9. The van der Waals surface area contributed by atoms with E-state index in [0.717, 1.165) is 18.5 Å². The number of likely N-dealkylation sites (tertiary alicyclic amines) is 1. The average Bonchev–Trinajstić information content (AvgIpc) is 2.75. The zero-order chi connectivity index (χ0) is 13.1. The van der Waals surface area contributed by atoms with Crippen molar-refractivity contribution in [1.82, 2.24) is 4.90 Å². The molecule has 1 N–H and O–H groups in total. The number of carboxylic acids is 1. The summed E-state index contributed by atoms with van der Waals surface area (Å²) in [6.07, 6.45) is 1.48. The van der Waals surface area contributed by atoms with Crippen molar-refractivity contribution in [3.05, 3.63) is 29.3 Å². The van der Waals surface area contributed by atoms with E-state index in [1.54, 1.807) is 11.0 Å². The van der Waals surface area contributed by atoms with Gasteiger partial charge in [-0.15, -0.1) is 0 Å². The molecule has 1 amide bonds. The molecule has 0 radical (unpaired) electrons. The quantitative estimate of drug-likeness (QED) is 0.878. The van der Waals surface area contributed by atoms with Crippen molar-refractivity contribution in [2.45, 2.75) is 19.4 Å². The van der Waals surface area contributed by atoms with Crippen LogP contribution in [0.2, 0.25) is 0 Å². The Bertz CT molecular complexity index is 484. The van der Waals surface area contributed by atoms with Crippen LogP contribution in [0.15, 0.2) is 18.2 Å². The highest BCUT2D eigenvalue weighted by molar-refractivity contribution is 5.88. The molecule has 18 heavy (non-hydrogen) atoms. The van der Waals surface area contributed by atoms with E-state index >= 15 is 0 Å². The summed E-state index contributed by atoms with van der Waals surface area (Å²) in [7, 11) is 1.50. The molecule has 5 heteroatoms. The Morgan fingerprint density at radius 2 is 2.28 bits per heavy atom. The molecule has 5 nitrogen and oxygen atoms in total. The van der Waals surface area contributed by atoms with Gasteiger partial charge in [0, 0.05) is 25.1 Å². The van der Waals surface area contributed by atoms with Gasteiger partial charge in [-0.25, -0.2) is 4.79 Å². The minimum absolute atomic E-state index is 0.138. The first-order valence-electron chi connectivity index (χ1n) is 5.80. The van der Waals surface area contributed by atoms with Gasteiger partial charge in [0.05, 0.1) is 12.7 Å². The Kier molecular flexibility index (Phi) is 3.50. The van der Waals surface area contributed by atoms with Crippen molar-refractivity contribution in [2.75, 3.05) is 13.7 Å². The third-order valence-corrected chi connectivity index (χ3v) is 3.07. The number of aromatic carboxylic acids is 1. The van der Waals surface area contributed by atoms with E-state index in [1.807, 2.05) is 0 Å². The van der Waals surface area contributed by atoms with Gasteiger partial charge in [0.15, 0.2) is 0 Å². The highest BCUT2D eigenvalue weighted by atomic mass is 16.5. The molecule has 0 bridgehead atoms. The van der Waals surface area contributed by atoms with Crippen molar-refractivity contribution >= 4 is 11.9 Å². The molecule has 1 fully saturated rings. The maximum absolute atomic E-state index is 11.5. The summed E-state index contributed by atoms with van der Waals surface area (Å²) in [6.45, 7) is 1.23. The summed E-state index contributed by atoms with van der Waals surface area (Å²) in [5, 5.41) is 8.90. The van der Waals surface area contributed by atoms with Crippen LogP contribution < -0.4 is 4.74 Å². The molecule has 0 unspecified atom stereocenters. The van der Waals surface area contributed by atoms with Crippen LogP contribution in [0, 0.1) is 0 Å². The van der Waals surface area contributed by atoms with Crippen LogP contribution in [0.1, 0.15) is 28.8 Å². The SMILES string of the molecule is COc1cc(C(=O)O)ccc1CN1CCCC1=O. The summed E-state index contributed by atoms with van der Waals surface area (Å²) in [6, 6.07) is 4.72. The Balaban J connectivity index is 2.22. The van der Waals surface area contributed by atoms with Crippen LogP contribution >= 0.6 is 0 Å². The maximum atomic E-state index is 11.5. The van der Waals surface area contributed by atoms with Gasteiger partial charge >= 0.3 is 5.97 Å². The monoisotopic (exact) mass is 249 g/mol. The fourth-order valence-corrected chi connectivity index (χ4v) is 2.09. The molecule has 0 atom stereocenters. The molecule has 0 aliphatic carbocycles. The smallest absolute Gasteiger partial charge is 0.335 e. The number of carbonyl (C=O) groups is 2. The highest BCUT2D eigenvalue weighted by Crippen LogP contribution is 2.24. The first kappa shape index (κ1) is 12.4. The lowest BCUT2D eigenvalue weighted by Gasteiger charge is -2.17. The summed E-state index contributed by atoms with van der Waals surface area (Å²) < 4.78 is 5.18. The first-order valence-corrected chi connectivity index (χ1v) is 5.80. The molecular weight excluding hydrogens is 234 g/mol. The number of benzene rings is 1. The molecule has 1 aliphatic rings. The minimum atomic E-state index is -0.989. The molecule has 0 spiro atoms. The lowest BCUT2D eigenvalue weighted by Crippen LogP contribution is -2.24. The van der Waals surface area contributed by atoms with E-state index in [0.29, 0.717) is 18.7 Å². The lowest BCUT2D eigenvalue weighted by molar-refractivity contribution is -0.128. The van der Waals surface area contributed by atoms with E-state index in [1.165, 1.54) is 19.2 Å². The number of carbonyl (C=O) groups excluding carboxylic acids is 1. The van der Waals surface area contributed by atoms with E-state index < -0.39 is 5.97 Å². The lowest BCUT2D eigenvalue weighted by atomic mass is 10.1. The zero-order valence-electron chi connectivity index (χ0n) is 10.2. The number of ether oxygens (including phenoxy) is 1. The van der Waals surface area contributed by atoms with E-state index in [-0.39, 0.29) is 11.5 Å². The fraction of sp³-hybridized carbons (Fsp3) is 0.385. The second-order valence-electron chi connectivity index (χ2n) is 4.25. The van der Waals surface area contributed by atoms with Gasteiger partial charge in [0.1, 0.15) is 5.75 Å². The van der Waals surface area contributed by atoms with Gasteiger partial charge in [0.25, 0.3) is 0 Å². The van der Waals surface area contributed by atoms with Crippen molar-refractivity contribution in [2.24, 2.45) is 0 Å². The van der Waals surface area contributed by atoms with E-state index in [2.05, 4.69) is 0 Å². The van der Waals surface area contributed by atoms with Gasteiger partial charge in [0.2, 0.25) is 5.91 Å². The Morgan fingerprint density at radius 3 is 2.83 bits per heavy atom. The molecule has 1 aromatic carbocycles. The van der Waals surface area contributed by atoms with Gasteiger partial charge in [-0.3, -0.25) is 4.79 Å². The molecule has 0 aromatic heterocycles. The number of methoxy groups -OCH3 is 1. The van der Waals surface area contributed by atoms with Crippen molar-refractivity contribution in [1.29, 1.82) is 0 Å². The second kappa shape index (κ2) is 5.08. The Hall–Kier alpha value is -2.04. The molecule has 1 saturated heterocycles. The molecular formula is C13H15NO4. The second-order valence-corrected chi connectivity index (χ2v) is 4.25. The molecule has 1 heterocycles. The fourth-order valence-electron chi connectivity index (χ4n) is 2.09. The maximum Gasteiger partial charge on any atom is 0.335 e. The van der Waals surface area contributed by atoms with E-state index in [9.17, 15) is 9.59 Å². The molecule has 1 aromatic rings. The predicted molar refractivity (Wildman–Crippen MR) is 64.6 cm³/mol. The molecule has 1 aliphatic heterocycles. The van der Waals surface area contributed by atoms with Crippen LogP contribution in [-0.4, -0.2) is 35.5 Å². The number of hydrogen-bond acceptors (Lipinski definition) is 3. The topological polar surface area (TPSA) is 66.8 Å². The van der Waals surface area contributed by atoms with Crippen molar-refractivity contribution in [3.63, 3.8) is 0 Å². The third-order valence-electron chi connectivity index (χ3n) is 3.07. The van der Waals surface area contributed by atoms with Crippen LogP contribution in [0.25, 0.3) is 0 Å². The molecule has 2 rings (SSSR count). The average molecular weight is 249 g/mol. The largest absolute Gasteiger partial charge is 0.496 e. The van der Waals surface area contributed by atoms with Gasteiger partial charge in [-0.1, -0.05) is 6.07 Å². The standard InChI is InChI=1S/C13H15NO4/c1-18-11-7-9(13(16)17)4-5-10(11)8-14-6-2-3-12(14)15/h4-5,7H,2-3,6,8H2,1H3,(H,16,17). The van der Waals surface area contributed by atoms with Crippen molar-refractivity contribution in [3.8, 4) is 5.75 Å². The van der Waals surface area contributed by atoms with Crippen LogP contribution in [-0.2, 0) is 11.3 Å². The predicted octanol–water partition coefficient (Wildman–Crippen LogP) is 1.52. The number of nitrogens with zero attached hydrogens (tertiary/aromatic N) is 1. The first-order chi connectivity index (χ1) is 8.61. The zero-order valence-corrected chi connectivity index (χ0v) is 10.2. The van der Waals surface area contributed by atoms with Crippen LogP contribution in [0.3, 0.4) is 0 Å². The number of amides is 1. The van der Waals surface area contributed by atoms with Crippen LogP contribution in [0.4, 0.5) is 0 Å². The van der Waals surface area contributed by atoms with Gasteiger partial charge in [-0.05, 0) is 18.6 Å². The van der Waals surface area contributed by atoms with Crippen molar-refractivity contribution < 1.29 is 19.4 Å². The van der Waals surface area contributed by atoms with Gasteiger partial charge < -0.3 is 14.7 Å². The molecule has 0 saturated carbocycles. The Morgan fingerprint density at radius 1 is 1.50 bits per heavy atom. The molecule has 96 valence electrons. The summed E-state index contributed by atoms with van der Waals surface area (Å²) in [4.78, 5) is 24.2. The highest BCUT2D eigenvalue weighted by Gasteiger charge is 2.21. The minimum Gasteiger partial charge on any atom is -0.496 e. The summed E-state index contributed by atoms with van der Waals surface area (Å²) in [5.74, 6) is -0.342. The number of carboxylic acid groups (broad SMARTS) is 1. The number of hydrogen-bond donors (Lipinski definition) is 1. The van der Waals surface area contributed by atoms with Crippen LogP contribution in [0.5, 0.6) is 5.75 Å². The van der Waals surface area contributed by atoms with Gasteiger partial charge in [-0.2, -0.15) is 0 Å². The number of rotatable bonds is 4. The third kappa shape index (κ3) is 2.45. The summed E-state index contributed by atoms with van der Waals surface area (Å²) >= 11 is 0. The summed E-state index contributed by atoms with van der Waals surface area (Å²) in [5.41, 5.74) is 1.01.